The molecular weight excluding hydrogens is 312 g/mol. The molecule has 2 aromatic rings. The minimum absolute atomic E-state index is 0.220. The first-order chi connectivity index (χ1) is 12.1. The summed E-state index contributed by atoms with van der Waals surface area (Å²) < 4.78 is 0. The zero-order valence-electron chi connectivity index (χ0n) is 14.4. The Bertz CT molecular complexity index is 829. The van der Waals surface area contributed by atoms with Crippen LogP contribution in [0.3, 0.4) is 0 Å². The molecule has 2 aromatic carbocycles. The average Bonchev–Trinajstić information content (AvgIpc) is 2.84. The van der Waals surface area contributed by atoms with Gasteiger partial charge in [-0.2, -0.15) is 0 Å². The maximum atomic E-state index is 11.2. The van der Waals surface area contributed by atoms with Gasteiger partial charge in [-0.3, -0.25) is 15.0 Å². The normalized spacial score (nSPS) is 22.7. The summed E-state index contributed by atoms with van der Waals surface area (Å²) in [5, 5.41) is 11.2. The van der Waals surface area contributed by atoms with Crippen molar-refractivity contribution in [2.24, 2.45) is 0 Å². The summed E-state index contributed by atoms with van der Waals surface area (Å²) in [6.07, 6.45) is 5.69. The van der Waals surface area contributed by atoms with Gasteiger partial charge in [0.25, 0.3) is 5.69 Å². The largest absolute Gasteiger partial charge is 0.289 e. The third-order valence-electron chi connectivity index (χ3n) is 5.52. The lowest BCUT2D eigenvalue weighted by Gasteiger charge is -2.34. The van der Waals surface area contributed by atoms with E-state index in [0.29, 0.717) is 12.1 Å². The zero-order valence-corrected chi connectivity index (χ0v) is 14.4. The highest BCUT2D eigenvalue weighted by Crippen LogP contribution is 2.40. The van der Waals surface area contributed by atoms with Crippen LogP contribution in [0.4, 0.5) is 5.69 Å². The van der Waals surface area contributed by atoms with E-state index in [0.717, 1.165) is 24.1 Å². The highest BCUT2D eigenvalue weighted by atomic mass is 16.6. The van der Waals surface area contributed by atoms with E-state index in [1.165, 1.54) is 24.0 Å². The van der Waals surface area contributed by atoms with Crippen LogP contribution in [0.2, 0.25) is 0 Å². The molecule has 25 heavy (non-hydrogen) atoms. The van der Waals surface area contributed by atoms with E-state index in [4.69, 9.17) is 0 Å². The lowest BCUT2D eigenvalue weighted by Crippen LogP contribution is -2.37. The van der Waals surface area contributed by atoms with Gasteiger partial charge in [0.2, 0.25) is 0 Å². The Balaban J connectivity index is 1.59. The summed E-state index contributed by atoms with van der Waals surface area (Å²) in [4.78, 5) is 13.5. The molecule has 2 aliphatic rings. The number of nitro groups is 1. The fourth-order valence-corrected chi connectivity index (χ4v) is 4.18. The number of rotatable bonds is 4. The Labute approximate surface area is 147 Å². The Hall–Kier alpha value is -2.46. The van der Waals surface area contributed by atoms with Crippen molar-refractivity contribution >= 4 is 11.3 Å². The standard InChI is InChI=1S/C21H22N2O2/c1-15-7-8-17(13-21(15)23(24)25)18-11-19-9-10-20(12-18)22(19)14-16-5-3-2-4-6-16/h2-8,11,13,19-20H,9-10,12,14H2,1H3. The molecule has 0 radical (unpaired) electrons. The molecule has 0 aliphatic carbocycles. The number of hydrogen-bond acceptors (Lipinski definition) is 3. The lowest BCUT2D eigenvalue weighted by atomic mass is 9.93. The van der Waals surface area contributed by atoms with E-state index in [9.17, 15) is 10.1 Å². The van der Waals surface area contributed by atoms with Crippen LogP contribution in [0.5, 0.6) is 0 Å². The van der Waals surface area contributed by atoms with Crippen LogP contribution in [0.15, 0.2) is 54.6 Å². The third kappa shape index (κ3) is 3.10. The summed E-state index contributed by atoms with van der Waals surface area (Å²) in [5.74, 6) is 0. The number of nitrogens with zero attached hydrogens (tertiary/aromatic N) is 2. The fourth-order valence-electron chi connectivity index (χ4n) is 4.18. The van der Waals surface area contributed by atoms with Crippen molar-refractivity contribution in [1.82, 2.24) is 4.90 Å². The second-order valence-electron chi connectivity index (χ2n) is 7.11. The molecule has 4 heteroatoms. The molecule has 0 N–H and O–H groups in total. The van der Waals surface area contributed by atoms with Gasteiger partial charge in [0.15, 0.2) is 0 Å². The van der Waals surface area contributed by atoms with E-state index < -0.39 is 0 Å². The van der Waals surface area contributed by atoms with Crippen molar-refractivity contribution in [2.45, 2.75) is 44.8 Å². The SMILES string of the molecule is Cc1ccc(C2=CC3CCC(C2)N3Cc2ccccc2)cc1[N+](=O)[O-]. The summed E-state index contributed by atoms with van der Waals surface area (Å²) in [5.41, 5.74) is 4.56. The summed E-state index contributed by atoms with van der Waals surface area (Å²) in [7, 11) is 0. The first-order valence-corrected chi connectivity index (χ1v) is 8.87. The van der Waals surface area contributed by atoms with Crippen LogP contribution in [0, 0.1) is 17.0 Å². The van der Waals surface area contributed by atoms with Crippen molar-refractivity contribution in [2.75, 3.05) is 0 Å². The average molecular weight is 334 g/mol. The Morgan fingerprint density at radius 1 is 1.16 bits per heavy atom. The molecule has 4 nitrogen and oxygen atoms in total. The summed E-state index contributed by atoms with van der Waals surface area (Å²) in [6, 6.07) is 17.2. The van der Waals surface area contributed by atoms with E-state index in [1.54, 1.807) is 13.0 Å². The number of benzene rings is 2. The van der Waals surface area contributed by atoms with Crippen molar-refractivity contribution in [3.8, 4) is 0 Å². The highest BCUT2D eigenvalue weighted by molar-refractivity contribution is 5.70. The molecule has 0 spiro atoms. The molecule has 2 heterocycles. The predicted molar refractivity (Wildman–Crippen MR) is 99.2 cm³/mol. The number of aryl methyl sites for hydroxylation is 1. The van der Waals surface area contributed by atoms with Crippen LogP contribution in [-0.4, -0.2) is 21.9 Å². The number of fused-ring (bicyclic) bond motifs is 2. The molecule has 1 saturated heterocycles. The van der Waals surface area contributed by atoms with E-state index in [1.807, 2.05) is 12.1 Å². The van der Waals surface area contributed by atoms with Crippen LogP contribution in [0.1, 0.15) is 36.0 Å². The lowest BCUT2D eigenvalue weighted by molar-refractivity contribution is -0.385. The Morgan fingerprint density at radius 3 is 2.68 bits per heavy atom. The minimum atomic E-state index is -0.279. The van der Waals surface area contributed by atoms with E-state index >= 15 is 0 Å². The first kappa shape index (κ1) is 16.0. The number of hydrogen-bond donors (Lipinski definition) is 0. The van der Waals surface area contributed by atoms with Gasteiger partial charge < -0.3 is 0 Å². The topological polar surface area (TPSA) is 46.4 Å². The van der Waals surface area contributed by atoms with Crippen LogP contribution >= 0.6 is 0 Å². The first-order valence-electron chi connectivity index (χ1n) is 8.87. The van der Waals surface area contributed by atoms with Gasteiger partial charge in [-0.25, -0.2) is 0 Å². The predicted octanol–water partition coefficient (Wildman–Crippen LogP) is 4.72. The monoisotopic (exact) mass is 334 g/mol. The van der Waals surface area contributed by atoms with Crippen LogP contribution < -0.4 is 0 Å². The molecule has 0 aromatic heterocycles. The van der Waals surface area contributed by atoms with E-state index in [2.05, 4.69) is 41.3 Å². The molecule has 0 saturated carbocycles. The molecular formula is C21H22N2O2. The smallest absolute Gasteiger partial charge is 0.272 e. The second kappa shape index (κ2) is 6.45. The summed E-state index contributed by atoms with van der Waals surface area (Å²) in [6.45, 7) is 2.77. The van der Waals surface area contributed by atoms with E-state index in [-0.39, 0.29) is 10.6 Å². The molecule has 2 bridgehead atoms. The molecule has 2 atom stereocenters. The Morgan fingerprint density at radius 2 is 1.96 bits per heavy atom. The number of nitro benzene ring substituents is 1. The minimum Gasteiger partial charge on any atom is -0.289 e. The van der Waals surface area contributed by atoms with Gasteiger partial charge in [0.05, 0.1) is 4.92 Å². The molecule has 4 rings (SSSR count). The van der Waals surface area contributed by atoms with Gasteiger partial charge in [-0.15, -0.1) is 0 Å². The van der Waals surface area contributed by atoms with Gasteiger partial charge in [-0.05, 0) is 42.9 Å². The maximum absolute atomic E-state index is 11.2. The van der Waals surface area contributed by atoms with Crippen LogP contribution in [-0.2, 0) is 6.54 Å². The third-order valence-corrected chi connectivity index (χ3v) is 5.52. The van der Waals surface area contributed by atoms with Crippen molar-refractivity contribution < 1.29 is 4.92 Å². The van der Waals surface area contributed by atoms with Gasteiger partial charge >= 0.3 is 0 Å². The maximum Gasteiger partial charge on any atom is 0.272 e. The molecule has 0 amide bonds. The quantitative estimate of drug-likeness (QED) is 0.600. The highest BCUT2D eigenvalue weighted by Gasteiger charge is 2.36. The Kier molecular flexibility index (Phi) is 4.14. The molecule has 1 fully saturated rings. The fraction of sp³-hybridized carbons (Fsp3) is 0.333. The van der Waals surface area contributed by atoms with Crippen LogP contribution in [0.25, 0.3) is 5.57 Å². The zero-order chi connectivity index (χ0) is 17.4. The molecule has 128 valence electrons. The van der Waals surface area contributed by atoms with Gasteiger partial charge in [0, 0.05) is 30.3 Å². The van der Waals surface area contributed by atoms with Gasteiger partial charge in [0.1, 0.15) is 0 Å². The molecule has 2 unspecified atom stereocenters. The van der Waals surface area contributed by atoms with Crippen molar-refractivity contribution in [3.05, 3.63) is 81.4 Å². The van der Waals surface area contributed by atoms with Gasteiger partial charge in [-0.1, -0.05) is 48.5 Å². The van der Waals surface area contributed by atoms with Crippen molar-refractivity contribution in [3.63, 3.8) is 0 Å². The van der Waals surface area contributed by atoms with Crippen molar-refractivity contribution in [1.29, 1.82) is 0 Å². The summed E-state index contributed by atoms with van der Waals surface area (Å²) >= 11 is 0. The molecule has 2 aliphatic heterocycles. The second-order valence-corrected chi connectivity index (χ2v) is 7.11.